The molecule has 1 unspecified atom stereocenters. The SMILES string of the molecule is CCCCCN1C(=O)C(=O)/C(=C(\O)c2ccncc2)C1c1ccc(C)o1. The molecule has 1 atom stereocenters. The van der Waals surface area contributed by atoms with E-state index in [1.807, 2.05) is 0 Å². The molecule has 0 aromatic carbocycles. The summed E-state index contributed by atoms with van der Waals surface area (Å²) in [6.07, 6.45) is 5.80. The Labute approximate surface area is 152 Å². The molecule has 0 bridgehead atoms. The zero-order chi connectivity index (χ0) is 18.7. The highest BCUT2D eigenvalue weighted by molar-refractivity contribution is 6.46. The largest absolute Gasteiger partial charge is 0.507 e. The second kappa shape index (κ2) is 7.56. The average molecular weight is 354 g/mol. The van der Waals surface area contributed by atoms with Gasteiger partial charge in [0.1, 0.15) is 23.3 Å². The van der Waals surface area contributed by atoms with Crippen LogP contribution in [-0.2, 0) is 9.59 Å². The fraction of sp³-hybridized carbons (Fsp3) is 0.350. The van der Waals surface area contributed by atoms with Crippen molar-refractivity contribution in [2.45, 2.75) is 39.2 Å². The quantitative estimate of drug-likeness (QED) is 0.371. The summed E-state index contributed by atoms with van der Waals surface area (Å²) in [6, 6.07) is 6.02. The number of Topliss-reactive ketones (excluding diaryl/α,β-unsaturated/α-hetero) is 1. The average Bonchev–Trinajstić information content (AvgIpc) is 3.18. The fourth-order valence-electron chi connectivity index (χ4n) is 3.20. The number of aliphatic hydroxyl groups is 1. The Balaban J connectivity index is 2.08. The maximum Gasteiger partial charge on any atom is 0.295 e. The zero-order valence-electron chi connectivity index (χ0n) is 14.9. The first-order valence-electron chi connectivity index (χ1n) is 8.79. The third-order valence-corrected chi connectivity index (χ3v) is 4.53. The summed E-state index contributed by atoms with van der Waals surface area (Å²) < 4.78 is 5.71. The van der Waals surface area contributed by atoms with Gasteiger partial charge in [0.25, 0.3) is 11.7 Å². The Bertz CT molecular complexity index is 839. The molecule has 0 aliphatic carbocycles. The first kappa shape index (κ1) is 17.9. The molecule has 1 N–H and O–H groups in total. The number of unbranched alkanes of at least 4 members (excludes halogenated alkanes) is 2. The van der Waals surface area contributed by atoms with Gasteiger partial charge >= 0.3 is 0 Å². The van der Waals surface area contributed by atoms with Gasteiger partial charge in [-0.2, -0.15) is 0 Å². The number of aryl methyl sites for hydroxylation is 1. The first-order valence-corrected chi connectivity index (χ1v) is 8.79. The molecule has 0 spiro atoms. The van der Waals surface area contributed by atoms with E-state index < -0.39 is 17.7 Å². The summed E-state index contributed by atoms with van der Waals surface area (Å²) >= 11 is 0. The highest BCUT2D eigenvalue weighted by Gasteiger charge is 2.47. The normalized spacial score (nSPS) is 19.3. The number of likely N-dealkylation sites (tertiary alicyclic amines) is 1. The number of pyridine rings is 1. The maximum absolute atomic E-state index is 12.7. The van der Waals surface area contributed by atoms with E-state index in [-0.39, 0.29) is 11.3 Å². The predicted octanol–water partition coefficient (Wildman–Crippen LogP) is 3.59. The molecule has 1 aliphatic rings. The van der Waals surface area contributed by atoms with Gasteiger partial charge in [0.2, 0.25) is 0 Å². The van der Waals surface area contributed by atoms with Gasteiger partial charge < -0.3 is 14.4 Å². The monoisotopic (exact) mass is 354 g/mol. The van der Waals surface area contributed by atoms with Crippen molar-refractivity contribution >= 4 is 17.4 Å². The van der Waals surface area contributed by atoms with Crippen LogP contribution in [0.2, 0.25) is 0 Å². The number of carbonyl (C=O) groups excluding carboxylic acids is 2. The number of carbonyl (C=O) groups is 2. The molecule has 6 nitrogen and oxygen atoms in total. The minimum absolute atomic E-state index is 0.0621. The molecule has 26 heavy (non-hydrogen) atoms. The molecule has 6 heteroatoms. The van der Waals surface area contributed by atoms with Crippen molar-refractivity contribution in [1.82, 2.24) is 9.88 Å². The van der Waals surface area contributed by atoms with Gasteiger partial charge in [-0.15, -0.1) is 0 Å². The van der Waals surface area contributed by atoms with Crippen molar-refractivity contribution in [3.05, 3.63) is 59.3 Å². The highest BCUT2D eigenvalue weighted by atomic mass is 16.3. The van der Waals surface area contributed by atoms with Crippen LogP contribution < -0.4 is 0 Å². The molecule has 1 aliphatic heterocycles. The van der Waals surface area contributed by atoms with E-state index in [2.05, 4.69) is 11.9 Å². The number of hydrogen-bond donors (Lipinski definition) is 1. The van der Waals surface area contributed by atoms with Crippen LogP contribution in [0.5, 0.6) is 0 Å². The third kappa shape index (κ3) is 3.27. The Hall–Kier alpha value is -2.89. The summed E-state index contributed by atoms with van der Waals surface area (Å²) in [5.41, 5.74) is 0.506. The lowest BCUT2D eigenvalue weighted by Crippen LogP contribution is -2.30. The molecule has 0 saturated carbocycles. The number of hydrogen-bond acceptors (Lipinski definition) is 5. The van der Waals surface area contributed by atoms with E-state index >= 15 is 0 Å². The van der Waals surface area contributed by atoms with Crippen molar-refractivity contribution in [2.75, 3.05) is 6.54 Å². The minimum Gasteiger partial charge on any atom is -0.507 e. The van der Waals surface area contributed by atoms with E-state index in [9.17, 15) is 14.7 Å². The number of rotatable bonds is 6. The molecule has 3 heterocycles. The van der Waals surface area contributed by atoms with Crippen molar-refractivity contribution in [2.24, 2.45) is 0 Å². The summed E-state index contributed by atoms with van der Waals surface area (Å²) in [5, 5.41) is 10.7. The predicted molar refractivity (Wildman–Crippen MR) is 96.2 cm³/mol. The van der Waals surface area contributed by atoms with Gasteiger partial charge in [0.15, 0.2) is 0 Å². The Morgan fingerprint density at radius 1 is 1.19 bits per heavy atom. The summed E-state index contributed by atoms with van der Waals surface area (Å²) in [6.45, 7) is 4.32. The van der Waals surface area contributed by atoms with E-state index in [1.165, 1.54) is 17.3 Å². The molecule has 1 amide bonds. The first-order chi connectivity index (χ1) is 12.5. The van der Waals surface area contributed by atoms with Crippen LogP contribution >= 0.6 is 0 Å². The number of nitrogens with zero attached hydrogens (tertiary/aromatic N) is 2. The van der Waals surface area contributed by atoms with Gasteiger partial charge in [0, 0.05) is 24.5 Å². The van der Waals surface area contributed by atoms with Crippen LogP contribution in [0.1, 0.15) is 49.3 Å². The standard InChI is InChI=1S/C20H22N2O4/c1-3-4-5-12-22-17(15-7-6-13(2)26-15)16(19(24)20(22)25)18(23)14-8-10-21-11-9-14/h6-11,17,23H,3-5,12H2,1-2H3/b18-16-. The van der Waals surface area contributed by atoms with E-state index in [4.69, 9.17) is 4.42 Å². The van der Waals surface area contributed by atoms with Crippen LogP contribution in [-0.4, -0.2) is 33.2 Å². The lowest BCUT2D eigenvalue weighted by molar-refractivity contribution is -0.140. The lowest BCUT2D eigenvalue weighted by atomic mass is 10.00. The number of aromatic nitrogens is 1. The van der Waals surface area contributed by atoms with Crippen LogP contribution in [0.3, 0.4) is 0 Å². The van der Waals surface area contributed by atoms with Crippen LogP contribution in [0.4, 0.5) is 0 Å². The second-order valence-electron chi connectivity index (χ2n) is 6.38. The van der Waals surface area contributed by atoms with Crippen molar-refractivity contribution in [3.63, 3.8) is 0 Å². The van der Waals surface area contributed by atoms with Gasteiger partial charge in [-0.05, 0) is 37.6 Å². The van der Waals surface area contributed by atoms with Crippen molar-refractivity contribution in [1.29, 1.82) is 0 Å². The van der Waals surface area contributed by atoms with Crippen molar-refractivity contribution < 1.29 is 19.1 Å². The topological polar surface area (TPSA) is 83.6 Å². The van der Waals surface area contributed by atoms with E-state index in [1.54, 1.807) is 31.2 Å². The molecule has 136 valence electrons. The molecule has 3 rings (SSSR count). The molecular formula is C20H22N2O4. The molecule has 1 saturated heterocycles. The third-order valence-electron chi connectivity index (χ3n) is 4.53. The van der Waals surface area contributed by atoms with Gasteiger partial charge in [-0.3, -0.25) is 14.6 Å². The van der Waals surface area contributed by atoms with Gasteiger partial charge in [0.05, 0.1) is 5.57 Å². The lowest BCUT2D eigenvalue weighted by Gasteiger charge is -2.23. The molecule has 0 radical (unpaired) electrons. The summed E-state index contributed by atoms with van der Waals surface area (Å²) in [5.74, 6) is -0.328. The smallest absolute Gasteiger partial charge is 0.295 e. The number of aliphatic hydroxyl groups excluding tert-OH is 1. The Morgan fingerprint density at radius 3 is 2.54 bits per heavy atom. The molecular weight excluding hydrogens is 332 g/mol. The second-order valence-corrected chi connectivity index (χ2v) is 6.38. The molecule has 1 fully saturated rings. The van der Waals surface area contributed by atoms with Gasteiger partial charge in [-0.25, -0.2) is 0 Å². The number of ketones is 1. The highest BCUT2D eigenvalue weighted by Crippen LogP contribution is 2.40. The van der Waals surface area contributed by atoms with Crippen LogP contribution in [0, 0.1) is 6.92 Å². The van der Waals surface area contributed by atoms with Crippen molar-refractivity contribution in [3.8, 4) is 0 Å². The van der Waals surface area contributed by atoms with Crippen LogP contribution in [0.15, 0.2) is 46.6 Å². The fourth-order valence-corrected chi connectivity index (χ4v) is 3.20. The Kier molecular flexibility index (Phi) is 5.21. The van der Waals surface area contributed by atoms with E-state index in [0.29, 0.717) is 23.6 Å². The van der Waals surface area contributed by atoms with E-state index in [0.717, 1.165) is 19.3 Å². The number of amides is 1. The zero-order valence-corrected chi connectivity index (χ0v) is 14.9. The Morgan fingerprint density at radius 2 is 1.92 bits per heavy atom. The van der Waals surface area contributed by atoms with Crippen LogP contribution in [0.25, 0.3) is 5.76 Å². The number of furan rings is 1. The molecule has 2 aromatic rings. The summed E-state index contributed by atoms with van der Waals surface area (Å²) in [4.78, 5) is 30.7. The summed E-state index contributed by atoms with van der Waals surface area (Å²) in [7, 11) is 0. The van der Waals surface area contributed by atoms with Gasteiger partial charge in [-0.1, -0.05) is 19.8 Å². The molecule has 2 aromatic heterocycles. The minimum atomic E-state index is -0.714. The maximum atomic E-state index is 12.7.